The van der Waals surface area contributed by atoms with Crippen molar-refractivity contribution in [1.29, 1.82) is 0 Å². The topological polar surface area (TPSA) is 59.4 Å². The van der Waals surface area contributed by atoms with E-state index in [9.17, 15) is 9.90 Å². The summed E-state index contributed by atoms with van der Waals surface area (Å²) in [6.45, 7) is 1.81. The van der Waals surface area contributed by atoms with E-state index in [1.165, 1.54) is 5.56 Å². The number of hydrogen-bond acceptors (Lipinski definition) is 3. The molecule has 5 heteroatoms. The molecule has 1 heterocycles. The summed E-state index contributed by atoms with van der Waals surface area (Å²) in [5.41, 5.74) is 6.58. The first-order valence-electron chi connectivity index (χ1n) is 11.8. The number of pyridine rings is 1. The van der Waals surface area contributed by atoms with Crippen LogP contribution in [0.2, 0.25) is 0 Å². The highest BCUT2D eigenvalue weighted by Gasteiger charge is 2.38. The minimum absolute atomic E-state index is 0.0231. The van der Waals surface area contributed by atoms with E-state index in [0.717, 1.165) is 53.5 Å². The van der Waals surface area contributed by atoms with Crippen LogP contribution in [-0.4, -0.2) is 23.2 Å². The number of fused-ring (bicyclic) bond motifs is 1. The Hall–Kier alpha value is -3.47. The Kier molecular flexibility index (Phi) is 5.94. The molecule has 1 fully saturated rings. The maximum atomic E-state index is 15.2. The second kappa shape index (κ2) is 9.05. The zero-order chi connectivity index (χ0) is 23.8. The number of carbonyl (C=O) groups is 1. The van der Waals surface area contributed by atoms with Gasteiger partial charge in [0.05, 0.1) is 13.0 Å². The average molecular weight is 458 g/mol. The van der Waals surface area contributed by atoms with Crippen LogP contribution in [0.25, 0.3) is 22.8 Å². The third kappa shape index (κ3) is 4.35. The Morgan fingerprint density at radius 1 is 1.09 bits per heavy atom. The number of halogens is 1. The quantitative estimate of drug-likeness (QED) is 0.434. The van der Waals surface area contributed by atoms with Gasteiger partial charge in [0.2, 0.25) is 5.88 Å². The molecule has 0 radical (unpaired) electrons. The van der Waals surface area contributed by atoms with Gasteiger partial charge in [-0.2, -0.15) is 0 Å². The molecule has 0 saturated heterocycles. The van der Waals surface area contributed by atoms with Gasteiger partial charge in [0.15, 0.2) is 0 Å². The van der Waals surface area contributed by atoms with E-state index in [4.69, 9.17) is 4.74 Å². The van der Waals surface area contributed by atoms with Crippen molar-refractivity contribution < 1.29 is 19.0 Å². The standard InChI is InChI=1S/C29H28FNO3/c1-17(29(32)33)28(19-5-6-19)23-8-4-18-3-7-22(13-24(18)14-23)25-10-9-20(15-26(25)30)21-11-12-31-27(16-21)34-2/h4,8-17,19,28H,3,5-7H2,1-2H3,(H,32,33). The average Bonchev–Trinajstić information content (AvgIpc) is 3.68. The lowest BCUT2D eigenvalue weighted by Gasteiger charge is -2.24. The van der Waals surface area contributed by atoms with Crippen LogP contribution in [0, 0.1) is 17.7 Å². The molecule has 1 N–H and O–H groups in total. The van der Waals surface area contributed by atoms with E-state index in [0.29, 0.717) is 17.4 Å². The van der Waals surface area contributed by atoms with Gasteiger partial charge in [0.25, 0.3) is 0 Å². The fraction of sp³-hybridized carbons (Fsp3) is 0.310. The summed E-state index contributed by atoms with van der Waals surface area (Å²) in [6, 6.07) is 15.3. The van der Waals surface area contributed by atoms with Gasteiger partial charge in [-0.1, -0.05) is 43.3 Å². The van der Waals surface area contributed by atoms with Gasteiger partial charge < -0.3 is 9.84 Å². The first-order valence-corrected chi connectivity index (χ1v) is 11.8. The number of rotatable bonds is 7. The number of carboxylic acid groups (broad SMARTS) is 1. The van der Waals surface area contributed by atoms with Crippen molar-refractivity contribution in [3.8, 4) is 17.0 Å². The van der Waals surface area contributed by atoms with Crippen LogP contribution in [0.3, 0.4) is 0 Å². The molecule has 34 heavy (non-hydrogen) atoms. The van der Waals surface area contributed by atoms with E-state index in [-0.39, 0.29) is 11.7 Å². The van der Waals surface area contributed by atoms with Gasteiger partial charge in [-0.05, 0) is 83.0 Å². The molecule has 174 valence electrons. The fourth-order valence-corrected chi connectivity index (χ4v) is 5.16. The van der Waals surface area contributed by atoms with Gasteiger partial charge >= 0.3 is 5.97 Å². The minimum atomic E-state index is -0.750. The van der Waals surface area contributed by atoms with Crippen molar-refractivity contribution in [2.45, 2.75) is 38.5 Å². The summed E-state index contributed by atoms with van der Waals surface area (Å²) < 4.78 is 20.4. The largest absolute Gasteiger partial charge is 0.481 e. The summed E-state index contributed by atoms with van der Waals surface area (Å²) in [4.78, 5) is 15.8. The Morgan fingerprint density at radius 3 is 2.59 bits per heavy atom. The highest BCUT2D eigenvalue weighted by Crippen LogP contribution is 2.47. The lowest BCUT2D eigenvalue weighted by molar-refractivity contribution is -0.142. The number of aryl methyl sites for hydroxylation is 1. The third-order valence-electron chi connectivity index (χ3n) is 7.20. The molecular weight excluding hydrogens is 429 g/mol. The van der Waals surface area contributed by atoms with Crippen LogP contribution < -0.4 is 4.74 Å². The fourth-order valence-electron chi connectivity index (χ4n) is 5.16. The van der Waals surface area contributed by atoms with Crippen LogP contribution in [-0.2, 0) is 11.2 Å². The smallest absolute Gasteiger partial charge is 0.306 e. The Morgan fingerprint density at radius 2 is 1.88 bits per heavy atom. The van der Waals surface area contributed by atoms with Crippen LogP contribution in [0.1, 0.15) is 54.4 Å². The molecular formula is C29H28FNO3. The highest BCUT2D eigenvalue weighted by atomic mass is 19.1. The lowest BCUT2D eigenvalue weighted by Crippen LogP contribution is -2.21. The summed E-state index contributed by atoms with van der Waals surface area (Å²) in [7, 11) is 1.56. The normalized spacial score (nSPS) is 16.9. The summed E-state index contributed by atoms with van der Waals surface area (Å²) >= 11 is 0. The molecule has 2 atom stereocenters. The van der Waals surface area contributed by atoms with E-state index in [2.05, 4.69) is 29.3 Å². The lowest BCUT2D eigenvalue weighted by atomic mass is 9.80. The van der Waals surface area contributed by atoms with Gasteiger partial charge in [0, 0.05) is 17.8 Å². The molecule has 1 saturated carbocycles. The van der Waals surface area contributed by atoms with E-state index >= 15 is 4.39 Å². The molecule has 2 unspecified atom stereocenters. The number of benzene rings is 2. The molecule has 0 bridgehead atoms. The predicted octanol–water partition coefficient (Wildman–Crippen LogP) is 6.60. The molecule has 0 spiro atoms. The molecule has 0 aliphatic heterocycles. The molecule has 0 amide bonds. The summed E-state index contributed by atoms with van der Waals surface area (Å²) in [5, 5.41) is 9.62. The Labute approximate surface area is 199 Å². The monoisotopic (exact) mass is 457 g/mol. The number of aromatic nitrogens is 1. The first kappa shape index (κ1) is 22.3. The second-order valence-electron chi connectivity index (χ2n) is 9.40. The van der Waals surface area contributed by atoms with Crippen LogP contribution in [0.5, 0.6) is 5.88 Å². The number of nitrogens with zero attached hydrogens (tertiary/aromatic N) is 1. The molecule has 1 aromatic heterocycles. The number of hydrogen-bond donors (Lipinski definition) is 1. The zero-order valence-corrected chi connectivity index (χ0v) is 19.4. The number of ether oxygens (including phenoxy) is 1. The molecule has 2 aromatic carbocycles. The zero-order valence-electron chi connectivity index (χ0n) is 19.4. The van der Waals surface area contributed by atoms with Crippen molar-refractivity contribution in [2.24, 2.45) is 11.8 Å². The van der Waals surface area contributed by atoms with Gasteiger partial charge in [-0.3, -0.25) is 4.79 Å². The second-order valence-corrected chi connectivity index (χ2v) is 9.40. The van der Waals surface area contributed by atoms with Crippen molar-refractivity contribution in [3.63, 3.8) is 0 Å². The molecule has 2 aliphatic rings. The van der Waals surface area contributed by atoms with E-state index in [1.54, 1.807) is 32.4 Å². The molecule has 2 aliphatic carbocycles. The van der Waals surface area contributed by atoms with Crippen LogP contribution in [0.15, 0.2) is 54.7 Å². The Balaban J connectivity index is 1.46. The van der Waals surface area contributed by atoms with Crippen molar-refractivity contribution in [3.05, 3.63) is 82.8 Å². The molecule has 5 rings (SSSR count). The molecule has 4 nitrogen and oxygen atoms in total. The predicted molar refractivity (Wildman–Crippen MR) is 131 cm³/mol. The van der Waals surface area contributed by atoms with Gasteiger partial charge in [-0.25, -0.2) is 9.37 Å². The van der Waals surface area contributed by atoms with Crippen LogP contribution >= 0.6 is 0 Å². The maximum absolute atomic E-state index is 15.2. The third-order valence-corrected chi connectivity index (χ3v) is 7.20. The Bertz CT molecular complexity index is 1280. The number of methoxy groups -OCH3 is 1. The van der Waals surface area contributed by atoms with E-state index < -0.39 is 11.9 Å². The van der Waals surface area contributed by atoms with Crippen LogP contribution in [0.4, 0.5) is 4.39 Å². The molecule has 3 aromatic rings. The van der Waals surface area contributed by atoms with Gasteiger partial charge in [-0.15, -0.1) is 0 Å². The minimum Gasteiger partial charge on any atom is -0.481 e. The van der Waals surface area contributed by atoms with E-state index in [1.807, 2.05) is 18.2 Å². The maximum Gasteiger partial charge on any atom is 0.306 e. The number of carboxylic acids is 1. The number of aliphatic carboxylic acids is 1. The first-order chi connectivity index (χ1) is 16.4. The summed E-state index contributed by atoms with van der Waals surface area (Å²) in [6.07, 6.45) is 7.50. The van der Waals surface area contributed by atoms with Crippen molar-refractivity contribution >= 4 is 17.6 Å². The summed E-state index contributed by atoms with van der Waals surface area (Å²) in [5.74, 6) is -0.474. The highest BCUT2D eigenvalue weighted by molar-refractivity contribution is 5.85. The van der Waals surface area contributed by atoms with Gasteiger partial charge in [0.1, 0.15) is 5.82 Å². The van der Waals surface area contributed by atoms with Crippen molar-refractivity contribution in [2.75, 3.05) is 7.11 Å². The van der Waals surface area contributed by atoms with Crippen molar-refractivity contribution in [1.82, 2.24) is 4.98 Å². The SMILES string of the molecule is COc1cc(-c2ccc(C3=Cc4cc(C(C5CC5)C(C)C(=O)O)ccc4CC3)c(F)c2)ccn1. The number of allylic oxidation sites excluding steroid dienone is 1.